The summed E-state index contributed by atoms with van der Waals surface area (Å²) in [5, 5.41) is 3.37. The third-order valence-electron chi connectivity index (χ3n) is 2.93. The van der Waals surface area contributed by atoms with Gasteiger partial charge in [-0.15, -0.1) is 5.54 Å². The molecule has 1 aliphatic rings. The van der Waals surface area contributed by atoms with Crippen LogP contribution >= 0.6 is 0 Å². The van der Waals surface area contributed by atoms with Crippen molar-refractivity contribution in [2.45, 2.75) is 19.6 Å². The fourth-order valence-corrected chi connectivity index (χ4v) is 2.46. The molecule has 0 atom stereocenters. The highest BCUT2D eigenvalue weighted by atomic mass is 28.3. The second-order valence-corrected chi connectivity index (χ2v) is 10.5. The average Bonchev–Trinajstić information content (AvgIpc) is 2.37. The molecule has 2 rings (SSSR count). The molecule has 2 nitrogen and oxygen atoms in total. The van der Waals surface area contributed by atoms with Crippen LogP contribution in [0.5, 0.6) is 0 Å². The van der Waals surface area contributed by atoms with Crippen LogP contribution in [0.25, 0.3) is 0 Å². The third-order valence-corrected chi connectivity index (χ3v) is 3.81. The largest absolute Gasteiger partial charge is 0.369 e. The summed E-state index contributed by atoms with van der Waals surface area (Å²) in [6.45, 7) is 11.2. The Morgan fingerprint density at radius 3 is 2.22 bits per heavy atom. The van der Waals surface area contributed by atoms with Crippen LogP contribution in [0.1, 0.15) is 5.56 Å². The SMILES string of the molecule is C[Si](C)(C)C#Cc1ccc(N2CCNCC2)cc1. The van der Waals surface area contributed by atoms with Gasteiger partial charge in [0.2, 0.25) is 0 Å². The first-order valence-corrected chi connectivity index (χ1v) is 10.1. The molecule has 0 aliphatic carbocycles. The number of benzene rings is 1. The van der Waals surface area contributed by atoms with E-state index in [2.05, 4.69) is 65.6 Å². The topological polar surface area (TPSA) is 15.3 Å². The van der Waals surface area contributed by atoms with Gasteiger partial charge in [0.1, 0.15) is 8.07 Å². The fourth-order valence-electron chi connectivity index (χ4n) is 1.94. The molecule has 0 unspecified atom stereocenters. The maximum atomic E-state index is 3.40. The van der Waals surface area contributed by atoms with Gasteiger partial charge < -0.3 is 10.2 Å². The Hall–Kier alpha value is -1.24. The van der Waals surface area contributed by atoms with Gasteiger partial charge in [-0.05, 0) is 24.3 Å². The van der Waals surface area contributed by atoms with E-state index in [-0.39, 0.29) is 0 Å². The molecule has 1 aromatic rings. The van der Waals surface area contributed by atoms with Crippen LogP contribution in [0.15, 0.2) is 24.3 Å². The zero-order valence-corrected chi connectivity index (χ0v) is 12.6. The molecule has 1 aliphatic heterocycles. The Bertz CT molecular complexity index is 442. The van der Waals surface area contributed by atoms with Crippen LogP contribution in [0, 0.1) is 11.5 Å². The van der Waals surface area contributed by atoms with Crippen molar-refractivity contribution in [2.75, 3.05) is 31.1 Å². The number of piperazine rings is 1. The molecule has 1 heterocycles. The summed E-state index contributed by atoms with van der Waals surface area (Å²) >= 11 is 0. The minimum Gasteiger partial charge on any atom is -0.369 e. The lowest BCUT2D eigenvalue weighted by Crippen LogP contribution is -2.43. The van der Waals surface area contributed by atoms with E-state index in [1.54, 1.807) is 0 Å². The van der Waals surface area contributed by atoms with Gasteiger partial charge in [-0.2, -0.15) is 0 Å². The predicted molar refractivity (Wildman–Crippen MR) is 81.7 cm³/mol. The summed E-state index contributed by atoms with van der Waals surface area (Å²) in [4.78, 5) is 2.42. The smallest absolute Gasteiger partial charge is 0.129 e. The van der Waals surface area contributed by atoms with Crippen LogP contribution in [0.2, 0.25) is 19.6 Å². The van der Waals surface area contributed by atoms with Crippen molar-refractivity contribution in [2.24, 2.45) is 0 Å². The second kappa shape index (κ2) is 5.60. The van der Waals surface area contributed by atoms with Gasteiger partial charge in [0.25, 0.3) is 0 Å². The molecule has 1 fully saturated rings. The van der Waals surface area contributed by atoms with Crippen molar-refractivity contribution in [3.8, 4) is 11.5 Å². The average molecular weight is 258 g/mol. The van der Waals surface area contributed by atoms with Crippen molar-refractivity contribution in [1.82, 2.24) is 5.32 Å². The molecule has 3 heteroatoms. The van der Waals surface area contributed by atoms with E-state index in [0.717, 1.165) is 31.7 Å². The fraction of sp³-hybridized carbons (Fsp3) is 0.467. The zero-order chi connectivity index (χ0) is 13.0. The summed E-state index contributed by atoms with van der Waals surface area (Å²) in [5.74, 6) is 3.30. The number of rotatable bonds is 1. The number of hydrogen-bond acceptors (Lipinski definition) is 2. The molecule has 0 amide bonds. The highest BCUT2D eigenvalue weighted by Gasteiger charge is 2.10. The van der Waals surface area contributed by atoms with E-state index in [4.69, 9.17) is 0 Å². The standard InChI is InChI=1S/C15H22N2Si/c1-18(2,3)13-8-14-4-6-15(7-5-14)17-11-9-16-10-12-17/h4-7,16H,9-12H2,1-3H3. The van der Waals surface area contributed by atoms with E-state index >= 15 is 0 Å². The van der Waals surface area contributed by atoms with Crippen molar-refractivity contribution in [3.63, 3.8) is 0 Å². The summed E-state index contributed by atoms with van der Waals surface area (Å²) in [5.41, 5.74) is 5.85. The van der Waals surface area contributed by atoms with Crippen LogP contribution < -0.4 is 10.2 Å². The summed E-state index contributed by atoms with van der Waals surface area (Å²) in [6, 6.07) is 8.67. The lowest BCUT2D eigenvalue weighted by atomic mass is 10.2. The molecular weight excluding hydrogens is 236 g/mol. The number of nitrogens with zero attached hydrogens (tertiary/aromatic N) is 1. The van der Waals surface area contributed by atoms with E-state index in [9.17, 15) is 0 Å². The van der Waals surface area contributed by atoms with Gasteiger partial charge in [0.05, 0.1) is 0 Å². The Morgan fingerprint density at radius 1 is 1.06 bits per heavy atom. The van der Waals surface area contributed by atoms with E-state index < -0.39 is 8.07 Å². The lowest BCUT2D eigenvalue weighted by Gasteiger charge is -2.29. The van der Waals surface area contributed by atoms with Crippen LogP contribution in [0.3, 0.4) is 0 Å². The number of anilines is 1. The maximum Gasteiger partial charge on any atom is 0.129 e. The summed E-state index contributed by atoms with van der Waals surface area (Å²) in [7, 11) is -1.27. The van der Waals surface area contributed by atoms with Gasteiger partial charge in [-0.25, -0.2) is 0 Å². The van der Waals surface area contributed by atoms with Gasteiger partial charge in [0.15, 0.2) is 0 Å². The summed E-state index contributed by atoms with van der Waals surface area (Å²) in [6.07, 6.45) is 0. The van der Waals surface area contributed by atoms with Gasteiger partial charge in [-0.1, -0.05) is 25.6 Å². The first-order chi connectivity index (χ1) is 8.54. The molecule has 1 saturated heterocycles. The number of hydrogen-bond donors (Lipinski definition) is 1. The van der Waals surface area contributed by atoms with Gasteiger partial charge in [-0.3, -0.25) is 0 Å². The Balaban J connectivity index is 2.07. The molecule has 96 valence electrons. The molecule has 0 bridgehead atoms. The predicted octanol–water partition coefficient (Wildman–Crippen LogP) is 2.33. The monoisotopic (exact) mass is 258 g/mol. The second-order valence-electron chi connectivity index (χ2n) is 5.78. The van der Waals surface area contributed by atoms with Crippen LogP contribution in [-0.2, 0) is 0 Å². The van der Waals surface area contributed by atoms with E-state index in [1.165, 1.54) is 5.69 Å². The van der Waals surface area contributed by atoms with Gasteiger partial charge >= 0.3 is 0 Å². The molecule has 0 spiro atoms. The first-order valence-electron chi connectivity index (χ1n) is 6.63. The van der Waals surface area contributed by atoms with Crippen molar-refractivity contribution in [3.05, 3.63) is 29.8 Å². The summed E-state index contributed by atoms with van der Waals surface area (Å²) < 4.78 is 0. The highest BCUT2D eigenvalue weighted by molar-refractivity contribution is 6.83. The maximum absolute atomic E-state index is 3.40. The number of nitrogens with one attached hydrogen (secondary N) is 1. The first kappa shape index (κ1) is 13.2. The molecule has 18 heavy (non-hydrogen) atoms. The van der Waals surface area contributed by atoms with Crippen LogP contribution in [-0.4, -0.2) is 34.3 Å². The zero-order valence-electron chi connectivity index (χ0n) is 11.6. The molecular formula is C15H22N2Si. The van der Waals surface area contributed by atoms with E-state index in [1.807, 2.05) is 0 Å². The molecule has 0 radical (unpaired) electrons. The quantitative estimate of drug-likeness (QED) is 0.614. The molecule has 1 aromatic carbocycles. The minimum absolute atomic E-state index is 1.08. The molecule has 0 aromatic heterocycles. The lowest BCUT2D eigenvalue weighted by molar-refractivity contribution is 0.589. The Labute approximate surface area is 111 Å². The highest BCUT2D eigenvalue weighted by Crippen LogP contribution is 2.15. The Morgan fingerprint density at radius 2 is 1.67 bits per heavy atom. The van der Waals surface area contributed by atoms with Crippen molar-refractivity contribution >= 4 is 13.8 Å². The minimum atomic E-state index is -1.27. The van der Waals surface area contributed by atoms with Crippen LogP contribution in [0.4, 0.5) is 5.69 Å². The third kappa shape index (κ3) is 3.90. The molecule has 0 saturated carbocycles. The molecule has 1 N–H and O–H groups in total. The van der Waals surface area contributed by atoms with E-state index in [0.29, 0.717) is 0 Å². The van der Waals surface area contributed by atoms with Crippen molar-refractivity contribution < 1.29 is 0 Å². The Kier molecular flexibility index (Phi) is 4.10. The van der Waals surface area contributed by atoms with Gasteiger partial charge in [0, 0.05) is 37.4 Å². The van der Waals surface area contributed by atoms with Crippen molar-refractivity contribution in [1.29, 1.82) is 0 Å². The normalized spacial score (nSPS) is 16.1.